The quantitative estimate of drug-likeness (QED) is 0.817. The van der Waals surface area contributed by atoms with Crippen LogP contribution in [0.3, 0.4) is 0 Å². The first kappa shape index (κ1) is 14.1. The van der Waals surface area contributed by atoms with E-state index in [0.717, 1.165) is 11.1 Å². The molecule has 0 saturated carbocycles. The summed E-state index contributed by atoms with van der Waals surface area (Å²) in [5, 5.41) is 0.219. The molecule has 2 aromatic rings. The van der Waals surface area contributed by atoms with E-state index in [0.29, 0.717) is 17.6 Å². The molecule has 0 fully saturated rings. The maximum Gasteiger partial charge on any atom is 0.226 e. The lowest BCUT2D eigenvalue weighted by Crippen LogP contribution is -2.17. The van der Waals surface area contributed by atoms with Gasteiger partial charge in [-0.2, -0.15) is 9.97 Å². The van der Waals surface area contributed by atoms with Crippen LogP contribution in [-0.2, 0) is 0 Å². The van der Waals surface area contributed by atoms with E-state index in [2.05, 4.69) is 57.5 Å². The molecule has 0 aliphatic heterocycles. The van der Waals surface area contributed by atoms with Gasteiger partial charge >= 0.3 is 0 Å². The third kappa shape index (κ3) is 2.76. The van der Waals surface area contributed by atoms with Crippen LogP contribution in [0.5, 0.6) is 0 Å². The van der Waals surface area contributed by atoms with E-state index in [1.54, 1.807) is 0 Å². The molecule has 4 rings (SSSR count). The Morgan fingerprint density at radius 1 is 0.783 bits per heavy atom. The van der Waals surface area contributed by atoms with Crippen molar-refractivity contribution in [3.8, 4) is 11.4 Å². The average molecular weight is 320 g/mol. The fourth-order valence-electron chi connectivity index (χ4n) is 2.94. The zero-order valence-corrected chi connectivity index (χ0v) is 13.1. The van der Waals surface area contributed by atoms with E-state index in [1.165, 1.54) is 0 Å². The number of halogens is 1. The summed E-state index contributed by atoms with van der Waals surface area (Å²) in [4.78, 5) is 13.3. The monoisotopic (exact) mass is 319 g/mol. The third-order valence-electron chi connectivity index (χ3n) is 4.04. The second-order valence-corrected chi connectivity index (χ2v) is 5.84. The van der Waals surface area contributed by atoms with Crippen molar-refractivity contribution in [1.29, 1.82) is 0 Å². The van der Waals surface area contributed by atoms with Crippen molar-refractivity contribution in [3.63, 3.8) is 0 Å². The van der Waals surface area contributed by atoms with Crippen LogP contribution >= 0.6 is 11.6 Å². The molecule has 2 aliphatic rings. The SMILES string of the molecule is Clc1nc(C2=CC=CC3C=CC=CC23)nc(-c2ccccc2)n1. The van der Waals surface area contributed by atoms with E-state index in [-0.39, 0.29) is 11.2 Å². The van der Waals surface area contributed by atoms with E-state index in [4.69, 9.17) is 11.6 Å². The third-order valence-corrected chi connectivity index (χ3v) is 4.21. The van der Waals surface area contributed by atoms with Crippen LogP contribution in [-0.4, -0.2) is 15.0 Å². The molecule has 0 amide bonds. The van der Waals surface area contributed by atoms with Gasteiger partial charge in [-0.25, -0.2) is 4.98 Å². The highest BCUT2D eigenvalue weighted by molar-refractivity contribution is 6.28. The molecular formula is C19H14ClN3. The highest BCUT2D eigenvalue weighted by atomic mass is 35.5. The fraction of sp³-hybridized carbons (Fsp3) is 0.105. The molecule has 23 heavy (non-hydrogen) atoms. The van der Waals surface area contributed by atoms with E-state index >= 15 is 0 Å². The van der Waals surface area contributed by atoms with Gasteiger partial charge in [0.25, 0.3) is 0 Å². The molecule has 0 bridgehead atoms. The largest absolute Gasteiger partial charge is 0.226 e. The van der Waals surface area contributed by atoms with Crippen molar-refractivity contribution in [3.05, 3.63) is 84.0 Å². The topological polar surface area (TPSA) is 38.7 Å². The van der Waals surface area contributed by atoms with Crippen LogP contribution in [0.1, 0.15) is 5.82 Å². The second kappa shape index (κ2) is 5.94. The first-order valence-electron chi connectivity index (χ1n) is 7.52. The second-order valence-electron chi connectivity index (χ2n) is 5.50. The molecule has 2 atom stereocenters. The zero-order valence-electron chi connectivity index (χ0n) is 12.3. The molecule has 2 unspecified atom stereocenters. The number of nitrogens with zero attached hydrogens (tertiary/aromatic N) is 3. The maximum atomic E-state index is 6.15. The predicted molar refractivity (Wildman–Crippen MR) is 92.6 cm³/mol. The zero-order chi connectivity index (χ0) is 15.6. The molecule has 3 nitrogen and oxygen atoms in total. The Hall–Kier alpha value is -2.52. The normalized spacial score (nSPS) is 21.9. The number of rotatable bonds is 2. The van der Waals surface area contributed by atoms with Crippen LogP contribution in [0, 0.1) is 11.8 Å². The lowest BCUT2D eigenvalue weighted by Gasteiger charge is -2.26. The highest BCUT2D eigenvalue weighted by Gasteiger charge is 2.26. The number of benzene rings is 1. The molecule has 0 spiro atoms. The molecule has 1 heterocycles. The molecule has 0 saturated heterocycles. The van der Waals surface area contributed by atoms with Gasteiger partial charge in [-0.15, -0.1) is 0 Å². The number of hydrogen-bond acceptors (Lipinski definition) is 3. The van der Waals surface area contributed by atoms with E-state index < -0.39 is 0 Å². The fourth-order valence-corrected chi connectivity index (χ4v) is 3.10. The molecule has 2 aliphatic carbocycles. The molecule has 1 aromatic heterocycles. The van der Waals surface area contributed by atoms with Crippen molar-refractivity contribution in [1.82, 2.24) is 15.0 Å². The Morgan fingerprint density at radius 2 is 1.52 bits per heavy atom. The van der Waals surface area contributed by atoms with Gasteiger partial charge in [0.1, 0.15) is 0 Å². The van der Waals surface area contributed by atoms with Crippen molar-refractivity contribution < 1.29 is 0 Å². The van der Waals surface area contributed by atoms with Crippen LogP contribution in [0.4, 0.5) is 0 Å². The summed E-state index contributed by atoms with van der Waals surface area (Å²) in [5.74, 6) is 1.83. The Bertz CT molecular complexity index is 850. The van der Waals surface area contributed by atoms with Gasteiger partial charge < -0.3 is 0 Å². The standard InChI is InChI=1S/C19H14ClN3/c20-19-22-17(14-8-2-1-3-9-14)21-18(23-19)16-12-6-10-13-7-4-5-11-15(13)16/h1-13,15H. The van der Waals surface area contributed by atoms with Crippen molar-refractivity contribution in [2.75, 3.05) is 0 Å². The summed E-state index contributed by atoms with van der Waals surface area (Å²) in [6.45, 7) is 0. The Balaban J connectivity index is 1.79. The Morgan fingerprint density at radius 3 is 2.39 bits per heavy atom. The first-order chi connectivity index (χ1) is 11.3. The van der Waals surface area contributed by atoms with Gasteiger partial charge in [-0.3, -0.25) is 0 Å². The molecular weight excluding hydrogens is 306 g/mol. The van der Waals surface area contributed by atoms with E-state index in [1.807, 2.05) is 30.3 Å². The average Bonchev–Trinajstić information content (AvgIpc) is 2.61. The molecule has 4 heteroatoms. The number of aromatic nitrogens is 3. The van der Waals surface area contributed by atoms with Crippen LogP contribution in [0.15, 0.2) is 72.9 Å². The number of allylic oxidation sites excluding steroid dienone is 8. The first-order valence-corrected chi connectivity index (χ1v) is 7.90. The van der Waals surface area contributed by atoms with Crippen molar-refractivity contribution >= 4 is 17.2 Å². The van der Waals surface area contributed by atoms with E-state index in [9.17, 15) is 0 Å². The molecule has 112 valence electrons. The Labute approximate surface area is 139 Å². The predicted octanol–water partition coefficient (Wildman–Crippen LogP) is 4.50. The minimum Gasteiger partial charge on any atom is -0.208 e. The summed E-state index contributed by atoms with van der Waals surface area (Å²) in [6.07, 6.45) is 14.8. The van der Waals surface area contributed by atoms with Gasteiger partial charge in [-0.1, -0.05) is 72.9 Å². The highest BCUT2D eigenvalue weighted by Crippen LogP contribution is 2.36. The summed E-state index contributed by atoms with van der Waals surface area (Å²) in [6, 6.07) is 9.82. The summed E-state index contributed by atoms with van der Waals surface area (Å²) in [5.41, 5.74) is 2.00. The van der Waals surface area contributed by atoms with Crippen LogP contribution in [0.2, 0.25) is 5.28 Å². The lowest BCUT2D eigenvalue weighted by atomic mass is 9.79. The smallest absolute Gasteiger partial charge is 0.208 e. The minimum atomic E-state index is 0.219. The van der Waals surface area contributed by atoms with Gasteiger partial charge in [0, 0.05) is 23.0 Å². The van der Waals surface area contributed by atoms with Gasteiger partial charge in [0.15, 0.2) is 11.6 Å². The van der Waals surface area contributed by atoms with Crippen LogP contribution in [0.25, 0.3) is 17.0 Å². The molecule has 0 N–H and O–H groups in total. The summed E-state index contributed by atoms with van der Waals surface area (Å²) >= 11 is 6.15. The minimum absolute atomic E-state index is 0.219. The molecule has 0 radical (unpaired) electrons. The van der Waals surface area contributed by atoms with Crippen molar-refractivity contribution in [2.24, 2.45) is 11.8 Å². The summed E-state index contributed by atoms with van der Waals surface area (Å²) in [7, 11) is 0. The van der Waals surface area contributed by atoms with Crippen LogP contribution < -0.4 is 0 Å². The number of hydrogen-bond donors (Lipinski definition) is 0. The van der Waals surface area contributed by atoms with Gasteiger partial charge in [0.05, 0.1) is 0 Å². The molecule has 1 aromatic carbocycles. The van der Waals surface area contributed by atoms with Gasteiger partial charge in [-0.05, 0) is 11.6 Å². The van der Waals surface area contributed by atoms with Crippen molar-refractivity contribution in [2.45, 2.75) is 0 Å². The maximum absolute atomic E-state index is 6.15. The van der Waals surface area contributed by atoms with Gasteiger partial charge in [0.2, 0.25) is 5.28 Å². The number of fused-ring (bicyclic) bond motifs is 1. The Kier molecular flexibility index (Phi) is 3.64. The lowest BCUT2D eigenvalue weighted by molar-refractivity contribution is 0.671. The summed E-state index contributed by atoms with van der Waals surface area (Å²) < 4.78 is 0.